The van der Waals surface area contributed by atoms with Gasteiger partial charge in [0, 0.05) is 0 Å². The first-order valence-electron chi connectivity index (χ1n) is 4.67. The van der Waals surface area contributed by atoms with Crippen LogP contribution in [0.15, 0.2) is 23.2 Å². The molecule has 0 aromatic heterocycles. The first kappa shape index (κ1) is 8.97. The van der Waals surface area contributed by atoms with Gasteiger partial charge >= 0.3 is 0 Å². The first-order chi connectivity index (χ1) is 6.79. The Balaban J connectivity index is 2.35. The number of aliphatic imine (C=N–C) groups is 1. The number of rotatable bonds is 1. The number of hydrogen-bond donors (Lipinski definition) is 0. The van der Waals surface area contributed by atoms with Gasteiger partial charge in [-0.25, -0.2) is 4.79 Å². The standard InChI is InChI=1S/C11H11NO2/c1-8-2-3-9-6-10(12-7-13)4-5-11(9)14-8/h4-6,8H,2-3H2,1H3. The molecule has 0 N–H and O–H groups in total. The molecule has 1 aliphatic rings. The molecule has 0 radical (unpaired) electrons. The van der Waals surface area contributed by atoms with Gasteiger partial charge in [-0.3, -0.25) is 0 Å². The van der Waals surface area contributed by atoms with Gasteiger partial charge in [-0.15, -0.1) is 0 Å². The topological polar surface area (TPSA) is 38.7 Å². The summed E-state index contributed by atoms with van der Waals surface area (Å²) in [7, 11) is 0. The summed E-state index contributed by atoms with van der Waals surface area (Å²) >= 11 is 0. The van der Waals surface area contributed by atoms with Crippen molar-refractivity contribution in [2.75, 3.05) is 0 Å². The van der Waals surface area contributed by atoms with Crippen LogP contribution in [0.5, 0.6) is 5.75 Å². The highest BCUT2D eigenvalue weighted by Crippen LogP contribution is 2.30. The number of carbonyl (C=O) groups excluding carboxylic acids is 1. The molecule has 2 rings (SSSR count). The predicted molar refractivity (Wildman–Crippen MR) is 52.6 cm³/mol. The van der Waals surface area contributed by atoms with E-state index in [-0.39, 0.29) is 6.10 Å². The second kappa shape index (κ2) is 3.64. The van der Waals surface area contributed by atoms with Crippen LogP contribution >= 0.6 is 0 Å². The molecule has 0 saturated heterocycles. The quantitative estimate of drug-likeness (QED) is 0.502. The maximum Gasteiger partial charge on any atom is 0.240 e. The second-order valence-corrected chi connectivity index (χ2v) is 3.46. The minimum Gasteiger partial charge on any atom is -0.490 e. The fourth-order valence-electron chi connectivity index (χ4n) is 1.63. The summed E-state index contributed by atoms with van der Waals surface area (Å²) in [5.74, 6) is 0.911. The number of aryl methyl sites for hydroxylation is 1. The number of nitrogens with zero attached hydrogens (tertiary/aromatic N) is 1. The van der Waals surface area contributed by atoms with Crippen molar-refractivity contribution in [3.63, 3.8) is 0 Å². The van der Waals surface area contributed by atoms with E-state index in [1.807, 2.05) is 12.1 Å². The summed E-state index contributed by atoms with van der Waals surface area (Å²) in [5.41, 5.74) is 1.77. The van der Waals surface area contributed by atoms with E-state index in [1.54, 1.807) is 6.07 Å². The molecule has 3 nitrogen and oxygen atoms in total. The van der Waals surface area contributed by atoms with Crippen LogP contribution in [0.25, 0.3) is 0 Å². The predicted octanol–water partition coefficient (Wildman–Crippen LogP) is 2.37. The molecule has 1 aliphatic heterocycles. The molecule has 1 unspecified atom stereocenters. The average Bonchev–Trinajstić information content (AvgIpc) is 2.19. The fourth-order valence-corrected chi connectivity index (χ4v) is 1.63. The van der Waals surface area contributed by atoms with Gasteiger partial charge in [-0.1, -0.05) is 0 Å². The van der Waals surface area contributed by atoms with E-state index >= 15 is 0 Å². The third-order valence-corrected chi connectivity index (χ3v) is 2.37. The van der Waals surface area contributed by atoms with Crippen molar-refractivity contribution in [2.24, 2.45) is 4.99 Å². The van der Waals surface area contributed by atoms with E-state index in [9.17, 15) is 4.79 Å². The Kier molecular flexibility index (Phi) is 2.33. The van der Waals surface area contributed by atoms with E-state index < -0.39 is 0 Å². The Morgan fingerprint density at radius 3 is 3.21 bits per heavy atom. The second-order valence-electron chi connectivity index (χ2n) is 3.46. The van der Waals surface area contributed by atoms with Crippen molar-refractivity contribution in [2.45, 2.75) is 25.9 Å². The van der Waals surface area contributed by atoms with Gasteiger partial charge in [0.25, 0.3) is 0 Å². The molecular formula is C11H11NO2. The summed E-state index contributed by atoms with van der Waals surface area (Å²) in [6.45, 7) is 2.06. The summed E-state index contributed by atoms with van der Waals surface area (Å²) in [6.07, 6.45) is 3.81. The Hall–Kier alpha value is -1.60. The zero-order chi connectivity index (χ0) is 9.97. The van der Waals surface area contributed by atoms with Crippen molar-refractivity contribution in [1.29, 1.82) is 0 Å². The van der Waals surface area contributed by atoms with Crippen LogP contribution < -0.4 is 4.74 Å². The van der Waals surface area contributed by atoms with E-state index in [0.29, 0.717) is 5.69 Å². The molecule has 1 aromatic rings. The van der Waals surface area contributed by atoms with Crippen molar-refractivity contribution < 1.29 is 9.53 Å². The summed E-state index contributed by atoms with van der Waals surface area (Å²) in [5, 5.41) is 0. The van der Waals surface area contributed by atoms with Crippen molar-refractivity contribution in [1.82, 2.24) is 0 Å². The SMILES string of the molecule is CC1CCc2cc(N=C=O)ccc2O1. The highest BCUT2D eigenvalue weighted by atomic mass is 16.5. The van der Waals surface area contributed by atoms with E-state index in [1.165, 1.54) is 6.08 Å². The maximum atomic E-state index is 10.1. The average molecular weight is 189 g/mol. The van der Waals surface area contributed by atoms with Gasteiger partial charge in [0.15, 0.2) is 0 Å². The van der Waals surface area contributed by atoms with Gasteiger partial charge in [0.05, 0.1) is 11.8 Å². The van der Waals surface area contributed by atoms with Crippen LogP contribution in [0.2, 0.25) is 0 Å². The number of isocyanates is 1. The Labute approximate surface area is 82.4 Å². The number of hydrogen-bond acceptors (Lipinski definition) is 3. The van der Waals surface area contributed by atoms with Crippen LogP contribution in [0.1, 0.15) is 18.9 Å². The third-order valence-electron chi connectivity index (χ3n) is 2.37. The van der Waals surface area contributed by atoms with Crippen LogP contribution in [0.4, 0.5) is 5.69 Å². The summed E-state index contributed by atoms with van der Waals surface area (Å²) in [4.78, 5) is 13.6. The molecule has 0 amide bonds. The largest absolute Gasteiger partial charge is 0.490 e. The third kappa shape index (κ3) is 1.68. The molecular weight excluding hydrogens is 178 g/mol. The maximum absolute atomic E-state index is 10.1. The monoisotopic (exact) mass is 189 g/mol. The zero-order valence-corrected chi connectivity index (χ0v) is 7.99. The van der Waals surface area contributed by atoms with Crippen molar-refractivity contribution >= 4 is 11.8 Å². The summed E-state index contributed by atoms with van der Waals surface area (Å²) in [6, 6.07) is 5.51. The van der Waals surface area contributed by atoms with E-state index in [4.69, 9.17) is 4.74 Å². The molecule has 1 atom stereocenters. The van der Waals surface area contributed by atoms with Crippen LogP contribution in [-0.2, 0) is 11.2 Å². The molecule has 0 spiro atoms. The Morgan fingerprint density at radius 2 is 2.43 bits per heavy atom. The number of ether oxygens (including phenoxy) is 1. The highest BCUT2D eigenvalue weighted by Gasteiger charge is 2.15. The van der Waals surface area contributed by atoms with Crippen molar-refractivity contribution in [3.8, 4) is 5.75 Å². The van der Waals surface area contributed by atoms with E-state index in [2.05, 4.69) is 11.9 Å². The normalized spacial score (nSPS) is 19.1. The van der Waals surface area contributed by atoms with Crippen LogP contribution in [0.3, 0.4) is 0 Å². The lowest BCUT2D eigenvalue weighted by molar-refractivity contribution is 0.192. The van der Waals surface area contributed by atoms with Gasteiger partial charge in [0.1, 0.15) is 5.75 Å². The van der Waals surface area contributed by atoms with Crippen LogP contribution in [0, 0.1) is 0 Å². The minimum atomic E-state index is 0.280. The minimum absolute atomic E-state index is 0.280. The Bertz CT molecular complexity index is 394. The Morgan fingerprint density at radius 1 is 1.57 bits per heavy atom. The summed E-state index contributed by atoms with van der Waals surface area (Å²) < 4.78 is 5.62. The molecule has 72 valence electrons. The molecule has 0 aliphatic carbocycles. The van der Waals surface area contributed by atoms with Crippen LogP contribution in [-0.4, -0.2) is 12.2 Å². The molecule has 0 fully saturated rings. The first-order valence-corrected chi connectivity index (χ1v) is 4.67. The lowest BCUT2D eigenvalue weighted by Gasteiger charge is -2.23. The molecule has 0 bridgehead atoms. The molecule has 14 heavy (non-hydrogen) atoms. The van der Waals surface area contributed by atoms with Gasteiger partial charge < -0.3 is 4.74 Å². The van der Waals surface area contributed by atoms with Gasteiger partial charge in [-0.2, -0.15) is 4.99 Å². The number of fused-ring (bicyclic) bond motifs is 1. The molecule has 3 heteroatoms. The smallest absolute Gasteiger partial charge is 0.240 e. The highest BCUT2D eigenvalue weighted by molar-refractivity contribution is 5.53. The van der Waals surface area contributed by atoms with E-state index in [0.717, 1.165) is 24.2 Å². The molecule has 0 saturated carbocycles. The molecule has 1 heterocycles. The molecule has 1 aromatic carbocycles. The van der Waals surface area contributed by atoms with Gasteiger partial charge in [-0.05, 0) is 43.5 Å². The number of benzene rings is 1. The lowest BCUT2D eigenvalue weighted by Crippen LogP contribution is -2.18. The van der Waals surface area contributed by atoms with Gasteiger partial charge in [0.2, 0.25) is 6.08 Å². The fraction of sp³-hybridized carbons (Fsp3) is 0.364. The lowest BCUT2D eigenvalue weighted by atomic mass is 10.0. The van der Waals surface area contributed by atoms with Crippen molar-refractivity contribution in [3.05, 3.63) is 23.8 Å². The zero-order valence-electron chi connectivity index (χ0n) is 7.99.